The summed E-state index contributed by atoms with van der Waals surface area (Å²) in [6, 6.07) is 5.30. The molecule has 3 nitrogen and oxygen atoms in total. The van der Waals surface area contributed by atoms with Gasteiger partial charge in [-0.3, -0.25) is 4.68 Å². The van der Waals surface area contributed by atoms with Gasteiger partial charge < -0.3 is 5.32 Å². The van der Waals surface area contributed by atoms with E-state index in [1.54, 1.807) is 19.2 Å². The topological polar surface area (TPSA) is 29.9 Å². The Hall–Kier alpha value is -1.20. The molecule has 1 atom stereocenters. The lowest BCUT2D eigenvalue weighted by Gasteiger charge is -2.20. The third-order valence-corrected chi connectivity index (χ3v) is 3.95. The van der Waals surface area contributed by atoms with Gasteiger partial charge >= 0.3 is 0 Å². The molecule has 2 aromatic rings. The summed E-state index contributed by atoms with van der Waals surface area (Å²) in [6.07, 6.45) is 2.78. The van der Waals surface area contributed by atoms with Gasteiger partial charge in [0, 0.05) is 7.05 Å². The van der Waals surface area contributed by atoms with Crippen LogP contribution >= 0.6 is 15.9 Å². The molecule has 1 unspecified atom stereocenters. The lowest BCUT2D eigenvalue weighted by Crippen LogP contribution is -2.25. The van der Waals surface area contributed by atoms with Crippen molar-refractivity contribution in [2.24, 2.45) is 7.05 Å². The van der Waals surface area contributed by atoms with Crippen molar-refractivity contribution in [2.75, 3.05) is 6.54 Å². The highest BCUT2D eigenvalue weighted by atomic mass is 79.9. The van der Waals surface area contributed by atoms with Gasteiger partial charge in [0.25, 0.3) is 0 Å². The van der Waals surface area contributed by atoms with E-state index in [2.05, 4.69) is 33.3 Å². The molecule has 0 aliphatic carbocycles. The van der Waals surface area contributed by atoms with E-state index in [0.29, 0.717) is 5.56 Å². The number of nitrogens with one attached hydrogen (secondary N) is 1. The first-order valence-electron chi connectivity index (χ1n) is 6.71. The van der Waals surface area contributed by atoms with Gasteiger partial charge in [-0.2, -0.15) is 5.10 Å². The smallest absolute Gasteiger partial charge is 0.126 e. The summed E-state index contributed by atoms with van der Waals surface area (Å²) in [4.78, 5) is 0. The molecule has 0 aliphatic rings. The third kappa shape index (κ3) is 3.10. The first-order valence-corrected chi connectivity index (χ1v) is 7.50. The summed E-state index contributed by atoms with van der Waals surface area (Å²) in [7, 11) is 1.89. The maximum Gasteiger partial charge on any atom is 0.126 e. The van der Waals surface area contributed by atoms with Crippen LogP contribution in [0.4, 0.5) is 4.39 Å². The standard InChI is InChI=1S/C15H19BrFN3/c1-4-7-18-14(15-12(16)9-19-20(15)3)11-6-5-10(2)13(17)8-11/h5-6,8-9,14,18H,4,7H2,1-3H3. The molecular weight excluding hydrogens is 321 g/mol. The fourth-order valence-corrected chi connectivity index (χ4v) is 2.77. The number of aryl methyl sites for hydroxylation is 2. The van der Waals surface area contributed by atoms with Crippen LogP contribution in [-0.4, -0.2) is 16.3 Å². The van der Waals surface area contributed by atoms with Crippen molar-refractivity contribution in [3.63, 3.8) is 0 Å². The van der Waals surface area contributed by atoms with Gasteiger partial charge in [-0.15, -0.1) is 0 Å². The lowest BCUT2D eigenvalue weighted by atomic mass is 10.0. The van der Waals surface area contributed by atoms with Gasteiger partial charge in [0.1, 0.15) is 5.82 Å². The molecule has 108 valence electrons. The maximum atomic E-state index is 13.8. The molecule has 0 aliphatic heterocycles. The number of benzene rings is 1. The van der Waals surface area contributed by atoms with E-state index in [4.69, 9.17) is 0 Å². The predicted octanol–water partition coefficient (Wildman–Crippen LogP) is 3.72. The summed E-state index contributed by atoms with van der Waals surface area (Å²) >= 11 is 3.52. The summed E-state index contributed by atoms with van der Waals surface area (Å²) in [5.41, 5.74) is 2.57. The van der Waals surface area contributed by atoms with Crippen LogP contribution in [0.15, 0.2) is 28.9 Å². The molecule has 0 fully saturated rings. The van der Waals surface area contributed by atoms with Crippen molar-refractivity contribution in [1.29, 1.82) is 0 Å². The molecule has 2 rings (SSSR count). The minimum absolute atomic E-state index is 0.0769. The highest BCUT2D eigenvalue weighted by Crippen LogP contribution is 2.29. The number of hydrogen-bond donors (Lipinski definition) is 1. The fraction of sp³-hybridized carbons (Fsp3) is 0.400. The monoisotopic (exact) mass is 339 g/mol. The number of hydrogen-bond acceptors (Lipinski definition) is 2. The molecule has 0 amide bonds. The first kappa shape index (κ1) is 15.2. The van der Waals surface area contributed by atoms with Crippen molar-refractivity contribution in [2.45, 2.75) is 26.3 Å². The molecule has 0 bridgehead atoms. The van der Waals surface area contributed by atoms with Crippen molar-refractivity contribution in [1.82, 2.24) is 15.1 Å². The van der Waals surface area contributed by atoms with Crippen molar-refractivity contribution in [3.05, 3.63) is 51.5 Å². The summed E-state index contributed by atoms with van der Waals surface area (Å²) in [6.45, 7) is 4.74. The van der Waals surface area contributed by atoms with Crippen LogP contribution in [0.25, 0.3) is 0 Å². The normalized spacial score (nSPS) is 12.7. The SMILES string of the molecule is CCCNC(c1ccc(C)c(F)c1)c1c(Br)cnn1C. The largest absolute Gasteiger partial charge is 0.305 e. The predicted molar refractivity (Wildman–Crippen MR) is 82.2 cm³/mol. The Morgan fingerprint density at radius 1 is 1.45 bits per heavy atom. The maximum absolute atomic E-state index is 13.8. The molecule has 0 spiro atoms. The van der Waals surface area contributed by atoms with Crippen LogP contribution in [0.1, 0.15) is 36.2 Å². The summed E-state index contributed by atoms with van der Waals surface area (Å²) < 4.78 is 16.6. The van der Waals surface area contributed by atoms with Crippen LogP contribution in [0.3, 0.4) is 0 Å². The molecule has 1 heterocycles. The minimum Gasteiger partial charge on any atom is -0.305 e. The number of nitrogens with zero attached hydrogens (tertiary/aromatic N) is 2. The van der Waals surface area contributed by atoms with Gasteiger partial charge in [-0.05, 0) is 53.0 Å². The van der Waals surface area contributed by atoms with Crippen molar-refractivity contribution in [3.8, 4) is 0 Å². The van der Waals surface area contributed by atoms with E-state index in [1.807, 2.05) is 23.9 Å². The van der Waals surface area contributed by atoms with E-state index >= 15 is 0 Å². The number of rotatable bonds is 5. The van der Waals surface area contributed by atoms with Crippen LogP contribution in [0.5, 0.6) is 0 Å². The molecule has 1 aromatic heterocycles. The average molecular weight is 340 g/mol. The Morgan fingerprint density at radius 3 is 2.75 bits per heavy atom. The van der Waals surface area contributed by atoms with Crippen LogP contribution < -0.4 is 5.32 Å². The molecule has 0 radical (unpaired) electrons. The van der Waals surface area contributed by atoms with E-state index in [-0.39, 0.29) is 11.9 Å². The van der Waals surface area contributed by atoms with E-state index in [0.717, 1.165) is 28.7 Å². The highest BCUT2D eigenvalue weighted by Gasteiger charge is 2.20. The van der Waals surface area contributed by atoms with Gasteiger partial charge in [0.05, 0.1) is 22.4 Å². The second-order valence-corrected chi connectivity index (χ2v) is 5.75. The molecular formula is C15H19BrFN3. The molecule has 20 heavy (non-hydrogen) atoms. The first-order chi connectivity index (χ1) is 9.54. The number of aromatic nitrogens is 2. The zero-order chi connectivity index (χ0) is 14.7. The second kappa shape index (κ2) is 6.50. The van der Waals surface area contributed by atoms with E-state index in [1.165, 1.54) is 0 Å². The van der Waals surface area contributed by atoms with Crippen LogP contribution in [0, 0.1) is 12.7 Å². The molecule has 1 N–H and O–H groups in total. The summed E-state index contributed by atoms with van der Waals surface area (Å²) in [5, 5.41) is 7.71. The summed E-state index contributed by atoms with van der Waals surface area (Å²) in [5.74, 6) is -0.177. The number of halogens is 2. The fourth-order valence-electron chi connectivity index (χ4n) is 2.19. The van der Waals surface area contributed by atoms with Crippen molar-refractivity contribution < 1.29 is 4.39 Å². The minimum atomic E-state index is -0.177. The second-order valence-electron chi connectivity index (χ2n) is 4.90. The van der Waals surface area contributed by atoms with E-state index < -0.39 is 0 Å². The Morgan fingerprint density at radius 2 is 2.20 bits per heavy atom. The van der Waals surface area contributed by atoms with Crippen LogP contribution in [0.2, 0.25) is 0 Å². The molecule has 0 saturated carbocycles. The Kier molecular flexibility index (Phi) is 4.94. The Bertz CT molecular complexity index is 575. The average Bonchev–Trinajstić information content (AvgIpc) is 2.75. The molecule has 0 saturated heterocycles. The zero-order valence-electron chi connectivity index (χ0n) is 12.0. The quantitative estimate of drug-likeness (QED) is 0.899. The van der Waals surface area contributed by atoms with Gasteiger partial charge in [0.2, 0.25) is 0 Å². The van der Waals surface area contributed by atoms with Crippen LogP contribution in [-0.2, 0) is 7.05 Å². The third-order valence-electron chi connectivity index (χ3n) is 3.34. The van der Waals surface area contributed by atoms with E-state index in [9.17, 15) is 4.39 Å². The molecule has 1 aromatic carbocycles. The van der Waals surface area contributed by atoms with Crippen molar-refractivity contribution >= 4 is 15.9 Å². The molecule has 5 heteroatoms. The van der Waals surface area contributed by atoms with Gasteiger partial charge in [0.15, 0.2) is 0 Å². The van der Waals surface area contributed by atoms with Gasteiger partial charge in [-0.1, -0.05) is 19.1 Å². The Labute approximate surface area is 127 Å². The lowest BCUT2D eigenvalue weighted by molar-refractivity contribution is 0.545. The zero-order valence-corrected chi connectivity index (χ0v) is 13.5. The highest BCUT2D eigenvalue weighted by molar-refractivity contribution is 9.10. The van der Waals surface area contributed by atoms with Gasteiger partial charge in [-0.25, -0.2) is 4.39 Å². The Balaban J connectivity index is 2.44.